The molecule has 1 heterocycles. The molecule has 110 valence electrons. The van der Waals surface area contributed by atoms with Gasteiger partial charge in [0.1, 0.15) is 5.82 Å². The topological polar surface area (TPSA) is 29.1 Å². The zero-order valence-corrected chi connectivity index (χ0v) is 11.3. The van der Waals surface area contributed by atoms with E-state index in [1.807, 2.05) is 0 Å². The number of carbonyl (C=O) groups is 1. The molecule has 0 saturated carbocycles. The summed E-state index contributed by atoms with van der Waals surface area (Å²) in [5.41, 5.74) is -1.58. The molecule has 1 aliphatic rings. The fourth-order valence-corrected chi connectivity index (χ4v) is 3.10. The second kappa shape index (κ2) is 6.03. The van der Waals surface area contributed by atoms with Crippen molar-refractivity contribution in [2.24, 2.45) is 0 Å². The van der Waals surface area contributed by atoms with E-state index in [1.165, 1.54) is 0 Å². The second-order valence-electron chi connectivity index (χ2n) is 4.55. The van der Waals surface area contributed by atoms with E-state index in [1.54, 1.807) is 11.8 Å². The summed E-state index contributed by atoms with van der Waals surface area (Å²) >= 11 is 1.78. The van der Waals surface area contributed by atoms with Crippen LogP contribution in [0.1, 0.15) is 28.8 Å². The van der Waals surface area contributed by atoms with Crippen LogP contribution in [0.25, 0.3) is 0 Å². The van der Waals surface area contributed by atoms with Crippen molar-refractivity contribution in [2.75, 3.05) is 11.5 Å². The number of hydrogen-bond donors (Lipinski definition) is 1. The Bertz CT molecular complexity index is 498. The van der Waals surface area contributed by atoms with E-state index in [0.717, 1.165) is 30.4 Å². The monoisotopic (exact) mass is 307 g/mol. The Labute approximate surface area is 117 Å². The van der Waals surface area contributed by atoms with Gasteiger partial charge in [0.25, 0.3) is 5.91 Å². The summed E-state index contributed by atoms with van der Waals surface area (Å²) in [5, 5.41) is 2.69. The molecule has 0 bridgehead atoms. The maximum atomic E-state index is 13.1. The van der Waals surface area contributed by atoms with E-state index >= 15 is 0 Å². The number of hydrogen-bond acceptors (Lipinski definition) is 2. The highest BCUT2D eigenvalue weighted by Crippen LogP contribution is 2.32. The minimum atomic E-state index is -4.80. The van der Waals surface area contributed by atoms with Gasteiger partial charge in [0, 0.05) is 11.6 Å². The molecular weight excluding hydrogens is 294 g/mol. The quantitative estimate of drug-likeness (QED) is 0.848. The summed E-state index contributed by atoms with van der Waals surface area (Å²) in [5.74, 6) is -0.125. The summed E-state index contributed by atoms with van der Waals surface area (Å²) < 4.78 is 50.9. The van der Waals surface area contributed by atoms with Crippen LogP contribution in [0.4, 0.5) is 17.6 Å². The summed E-state index contributed by atoms with van der Waals surface area (Å²) in [6.07, 6.45) is -3.21. The number of rotatable bonds is 2. The van der Waals surface area contributed by atoms with Gasteiger partial charge in [-0.2, -0.15) is 24.9 Å². The molecule has 2 nitrogen and oxygen atoms in total. The van der Waals surface area contributed by atoms with Crippen molar-refractivity contribution in [2.45, 2.75) is 25.1 Å². The van der Waals surface area contributed by atoms with Crippen LogP contribution in [-0.2, 0) is 6.18 Å². The maximum Gasteiger partial charge on any atom is 0.419 e. The van der Waals surface area contributed by atoms with Crippen molar-refractivity contribution < 1.29 is 22.4 Å². The number of benzene rings is 1. The zero-order valence-electron chi connectivity index (χ0n) is 10.5. The molecule has 0 spiro atoms. The third-order valence-electron chi connectivity index (χ3n) is 3.09. The number of alkyl halides is 3. The lowest BCUT2D eigenvalue weighted by Crippen LogP contribution is -2.37. The molecule has 1 fully saturated rings. The molecule has 0 aliphatic carbocycles. The summed E-state index contributed by atoms with van der Waals surface area (Å²) in [7, 11) is 0. The molecule has 0 radical (unpaired) electrons. The van der Waals surface area contributed by atoms with E-state index in [9.17, 15) is 22.4 Å². The van der Waals surface area contributed by atoms with E-state index in [0.29, 0.717) is 12.1 Å². The van der Waals surface area contributed by atoms with Crippen LogP contribution < -0.4 is 5.32 Å². The molecule has 1 N–H and O–H groups in total. The summed E-state index contributed by atoms with van der Waals surface area (Å²) in [6, 6.07) is 2.27. The third-order valence-corrected chi connectivity index (χ3v) is 4.14. The molecule has 7 heteroatoms. The lowest BCUT2D eigenvalue weighted by atomic mass is 10.1. The van der Waals surface area contributed by atoms with Gasteiger partial charge in [0.2, 0.25) is 0 Å². The van der Waals surface area contributed by atoms with Gasteiger partial charge in [-0.25, -0.2) is 4.39 Å². The molecule has 2 rings (SSSR count). The van der Waals surface area contributed by atoms with E-state index < -0.39 is 23.5 Å². The lowest BCUT2D eigenvalue weighted by molar-refractivity contribution is -0.140. The number of amides is 1. The van der Waals surface area contributed by atoms with Crippen LogP contribution in [0.15, 0.2) is 18.2 Å². The number of halogens is 4. The van der Waals surface area contributed by atoms with Crippen molar-refractivity contribution in [1.29, 1.82) is 0 Å². The smallest absolute Gasteiger partial charge is 0.349 e. The van der Waals surface area contributed by atoms with Crippen molar-refractivity contribution in [1.82, 2.24) is 5.32 Å². The van der Waals surface area contributed by atoms with E-state index in [4.69, 9.17) is 0 Å². The summed E-state index contributed by atoms with van der Waals surface area (Å²) in [6.45, 7) is 0. The Balaban J connectivity index is 2.13. The van der Waals surface area contributed by atoms with Gasteiger partial charge >= 0.3 is 6.18 Å². The molecular formula is C13H13F4NOS. The number of thioether (sulfide) groups is 1. The summed E-state index contributed by atoms with van der Waals surface area (Å²) in [4.78, 5) is 11.9. The molecule has 0 aromatic heterocycles. The van der Waals surface area contributed by atoms with Gasteiger partial charge in [0.15, 0.2) is 0 Å². The molecule has 1 aromatic carbocycles. The largest absolute Gasteiger partial charge is 0.419 e. The Morgan fingerprint density at radius 2 is 1.90 bits per heavy atom. The Morgan fingerprint density at radius 3 is 2.50 bits per heavy atom. The van der Waals surface area contributed by atoms with Crippen LogP contribution in [0, 0.1) is 5.82 Å². The number of carbonyl (C=O) groups excluding carboxylic acids is 1. The van der Waals surface area contributed by atoms with Crippen molar-refractivity contribution in [3.63, 3.8) is 0 Å². The van der Waals surface area contributed by atoms with Gasteiger partial charge < -0.3 is 5.32 Å². The van der Waals surface area contributed by atoms with Crippen LogP contribution in [0.3, 0.4) is 0 Å². The SMILES string of the molecule is O=C(NC1CCSCC1)c1ccc(F)c(C(F)(F)F)c1. The molecule has 20 heavy (non-hydrogen) atoms. The highest BCUT2D eigenvalue weighted by atomic mass is 32.2. The van der Waals surface area contributed by atoms with Crippen LogP contribution in [0.2, 0.25) is 0 Å². The maximum absolute atomic E-state index is 13.1. The third kappa shape index (κ3) is 3.65. The Morgan fingerprint density at radius 1 is 1.25 bits per heavy atom. The molecule has 0 atom stereocenters. The van der Waals surface area contributed by atoms with Crippen LogP contribution in [0.5, 0.6) is 0 Å². The van der Waals surface area contributed by atoms with Gasteiger partial charge in [-0.1, -0.05) is 0 Å². The van der Waals surface area contributed by atoms with Crippen LogP contribution in [-0.4, -0.2) is 23.5 Å². The first-order valence-electron chi connectivity index (χ1n) is 6.13. The van der Waals surface area contributed by atoms with E-state index in [2.05, 4.69) is 5.32 Å². The highest BCUT2D eigenvalue weighted by molar-refractivity contribution is 7.99. The first-order valence-corrected chi connectivity index (χ1v) is 7.29. The van der Waals surface area contributed by atoms with Crippen molar-refractivity contribution in [3.05, 3.63) is 35.1 Å². The first kappa shape index (κ1) is 15.2. The Hall–Kier alpha value is -1.24. The predicted octanol–water partition coefficient (Wildman–Crippen LogP) is 3.47. The molecule has 1 aromatic rings. The lowest BCUT2D eigenvalue weighted by Gasteiger charge is -2.22. The average Bonchev–Trinajstić information content (AvgIpc) is 2.39. The minimum absolute atomic E-state index is 0.0249. The van der Waals surface area contributed by atoms with Gasteiger partial charge in [-0.3, -0.25) is 4.79 Å². The van der Waals surface area contributed by atoms with Crippen molar-refractivity contribution >= 4 is 17.7 Å². The zero-order chi connectivity index (χ0) is 14.8. The van der Waals surface area contributed by atoms with Gasteiger partial charge in [-0.15, -0.1) is 0 Å². The second-order valence-corrected chi connectivity index (χ2v) is 5.78. The first-order chi connectivity index (χ1) is 9.38. The number of nitrogens with one attached hydrogen (secondary N) is 1. The molecule has 1 aliphatic heterocycles. The average molecular weight is 307 g/mol. The van der Waals surface area contributed by atoms with Crippen LogP contribution >= 0.6 is 11.8 Å². The molecule has 0 unspecified atom stereocenters. The predicted molar refractivity (Wildman–Crippen MR) is 69.2 cm³/mol. The minimum Gasteiger partial charge on any atom is -0.349 e. The standard InChI is InChI=1S/C13H13F4NOS/c14-11-2-1-8(7-10(11)13(15,16)17)12(19)18-9-3-5-20-6-4-9/h1-2,7,9H,3-6H2,(H,18,19). The normalized spacial score (nSPS) is 17.0. The molecule has 1 amide bonds. The van der Waals surface area contributed by atoms with Crippen molar-refractivity contribution in [3.8, 4) is 0 Å². The fourth-order valence-electron chi connectivity index (χ4n) is 1.99. The van der Waals surface area contributed by atoms with E-state index in [-0.39, 0.29) is 11.6 Å². The highest BCUT2D eigenvalue weighted by Gasteiger charge is 2.34. The van der Waals surface area contributed by atoms with Gasteiger partial charge in [-0.05, 0) is 42.5 Å². The van der Waals surface area contributed by atoms with Gasteiger partial charge in [0.05, 0.1) is 5.56 Å². The fraction of sp³-hybridized carbons (Fsp3) is 0.462. The Kier molecular flexibility index (Phi) is 4.57. The molecule has 1 saturated heterocycles.